The lowest BCUT2D eigenvalue weighted by Crippen LogP contribution is -2.60. The normalized spacial score (nSPS) is 42.5. The molecule has 4 fully saturated rings. The van der Waals surface area contributed by atoms with Crippen molar-refractivity contribution in [2.45, 2.75) is 84.1 Å². The van der Waals surface area contributed by atoms with Gasteiger partial charge in [-0.1, -0.05) is 26.0 Å². The van der Waals surface area contributed by atoms with Crippen LogP contribution in [0.25, 0.3) is 0 Å². The maximum atomic E-state index is 11.1. The zero-order valence-electron chi connectivity index (χ0n) is 19.8. The predicted molar refractivity (Wildman–Crippen MR) is 125 cm³/mol. The fraction of sp³-hybridized carbons (Fsp3) is 0.750. The van der Waals surface area contributed by atoms with Gasteiger partial charge >= 0.3 is 5.97 Å². The number of likely N-dealkylation sites (tertiary alicyclic amines) is 1. The van der Waals surface area contributed by atoms with Crippen LogP contribution >= 0.6 is 0 Å². The summed E-state index contributed by atoms with van der Waals surface area (Å²) in [5.41, 5.74) is 2.75. The molecule has 170 valence electrons. The minimum atomic E-state index is -0.831. The summed E-state index contributed by atoms with van der Waals surface area (Å²) in [7, 11) is 2.38. The molecular formula is C28H41NO2. The Hall–Kier alpha value is -1.35. The van der Waals surface area contributed by atoms with Crippen LogP contribution in [-0.2, 0) is 6.42 Å². The molecule has 5 rings (SSSR count). The molecule has 0 radical (unpaired) electrons. The van der Waals surface area contributed by atoms with Crippen molar-refractivity contribution in [2.75, 3.05) is 13.6 Å². The van der Waals surface area contributed by atoms with E-state index in [1.807, 2.05) is 12.1 Å². The van der Waals surface area contributed by atoms with Crippen LogP contribution in [0.15, 0.2) is 24.3 Å². The average molecular weight is 424 g/mol. The quantitative estimate of drug-likeness (QED) is 0.620. The number of rotatable bonds is 4. The van der Waals surface area contributed by atoms with E-state index in [0.29, 0.717) is 16.4 Å². The number of fused-ring (bicyclic) bond motifs is 5. The lowest BCUT2D eigenvalue weighted by Gasteiger charge is -2.62. The summed E-state index contributed by atoms with van der Waals surface area (Å²) in [6.45, 7) is 6.59. The Balaban J connectivity index is 1.28. The third kappa shape index (κ3) is 3.46. The number of hydrogen-bond donors (Lipinski definition) is 1. The van der Waals surface area contributed by atoms with Crippen LogP contribution in [0.1, 0.15) is 87.6 Å². The molecule has 1 aromatic carbocycles. The van der Waals surface area contributed by atoms with E-state index >= 15 is 0 Å². The van der Waals surface area contributed by atoms with Gasteiger partial charge in [-0.3, -0.25) is 0 Å². The molecule has 0 bridgehead atoms. The number of piperidine rings is 1. The van der Waals surface area contributed by atoms with E-state index in [4.69, 9.17) is 5.11 Å². The molecule has 3 aliphatic carbocycles. The summed E-state index contributed by atoms with van der Waals surface area (Å²) >= 11 is 0. The number of benzene rings is 1. The van der Waals surface area contributed by atoms with E-state index in [0.717, 1.165) is 36.1 Å². The van der Waals surface area contributed by atoms with E-state index in [1.54, 1.807) is 12.1 Å². The third-order valence-corrected chi connectivity index (χ3v) is 10.8. The summed E-state index contributed by atoms with van der Waals surface area (Å²) in [6, 6.07) is 8.40. The number of carbonyl (C=O) groups is 1. The Labute approximate surface area is 188 Å². The second kappa shape index (κ2) is 7.90. The Morgan fingerprint density at radius 1 is 1.00 bits per heavy atom. The number of aromatic carboxylic acids is 1. The molecule has 0 spiro atoms. The summed E-state index contributed by atoms with van der Waals surface area (Å²) in [4.78, 5) is 13.8. The van der Waals surface area contributed by atoms with Crippen LogP contribution in [0.4, 0.5) is 0 Å². The van der Waals surface area contributed by atoms with Gasteiger partial charge in [0.2, 0.25) is 0 Å². The van der Waals surface area contributed by atoms with Gasteiger partial charge in [-0.15, -0.1) is 0 Å². The van der Waals surface area contributed by atoms with Crippen LogP contribution in [0.3, 0.4) is 0 Å². The van der Waals surface area contributed by atoms with Gasteiger partial charge < -0.3 is 10.0 Å². The van der Waals surface area contributed by atoms with Gasteiger partial charge in [0.05, 0.1) is 5.56 Å². The van der Waals surface area contributed by atoms with Crippen molar-refractivity contribution in [1.29, 1.82) is 0 Å². The Bertz CT molecular complexity index is 819. The van der Waals surface area contributed by atoms with Crippen molar-refractivity contribution >= 4 is 5.97 Å². The second-order valence-corrected chi connectivity index (χ2v) is 11.9. The molecule has 1 aromatic rings. The average Bonchev–Trinajstić information content (AvgIpc) is 3.08. The lowest BCUT2D eigenvalue weighted by atomic mass is 9.46. The van der Waals surface area contributed by atoms with Crippen molar-refractivity contribution in [3.05, 3.63) is 35.4 Å². The van der Waals surface area contributed by atoms with Gasteiger partial charge in [-0.25, -0.2) is 4.79 Å². The highest BCUT2D eigenvalue weighted by Crippen LogP contribution is 2.66. The van der Waals surface area contributed by atoms with Crippen LogP contribution in [0.5, 0.6) is 0 Å². The molecule has 7 atom stereocenters. The smallest absolute Gasteiger partial charge is 0.335 e. The fourth-order valence-electron chi connectivity index (χ4n) is 9.11. The monoisotopic (exact) mass is 423 g/mol. The number of aryl methyl sites for hydroxylation is 1. The first-order valence-corrected chi connectivity index (χ1v) is 12.9. The van der Waals surface area contributed by atoms with Gasteiger partial charge in [0.25, 0.3) is 0 Å². The van der Waals surface area contributed by atoms with E-state index in [9.17, 15) is 4.79 Å². The molecule has 1 saturated heterocycles. The van der Waals surface area contributed by atoms with Crippen LogP contribution in [-0.4, -0.2) is 35.6 Å². The van der Waals surface area contributed by atoms with Gasteiger partial charge in [-0.2, -0.15) is 0 Å². The van der Waals surface area contributed by atoms with Gasteiger partial charge in [0.15, 0.2) is 0 Å². The third-order valence-electron chi connectivity index (χ3n) is 10.8. The van der Waals surface area contributed by atoms with E-state index < -0.39 is 5.97 Å². The van der Waals surface area contributed by atoms with E-state index in [1.165, 1.54) is 69.9 Å². The van der Waals surface area contributed by atoms with Crippen molar-refractivity contribution in [1.82, 2.24) is 4.90 Å². The molecule has 0 aromatic heterocycles. The number of carboxylic acid groups (broad SMARTS) is 1. The molecule has 3 nitrogen and oxygen atoms in total. The summed E-state index contributed by atoms with van der Waals surface area (Å²) in [5.74, 6) is 2.82. The zero-order valence-corrected chi connectivity index (χ0v) is 19.8. The minimum absolute atomic E-state index is 0.396. The molecule has 1 N–H and O–H groups in total. The lowest BCUT2D eigenvalue weighted by molar-refractivity contribution is -0.122. The number of carboxylic acids is 1. The van der Waals surface area contributed by atoms with Crippen LogP contribution in [0, 0.1) is 34.5 Å². The van der Waals surface area contributed by atoms with E-state index in [-0.39, 0.29) is 0 Å². The Morgan fingerprint density at radius 2 is 1.74 bits per heavy atom. The maximum absolute atomic E-state index is 11.1. The predicted octanol–water partition coefficient (Wildman–Crippen LogP) is 6.27. The molecule has 1 aliphatic heterocycles. The van der Waals surface area contributed by atoms with Crippen molar-refractivity contribution in [3.63, 3.8) is 0 Å². The number of nitrogens with zero attached hydrogens (tertiary/aromatic N) is 1. The first kappa shape index (κ1) is 21.5. The van der Waals surface area contributed by atoms with Crippen LogP contribution < -0.4 is 0 Å². The first-order chi connectivity index (χ1) is 14.8. The Kier molecular flexibility index (Phi) is 5.48. The summed E-state index contributed by atoms with van der Waals surface area (Å²) in [6.07, 6.45) is 13.8. The highest BCUT2D eigenvalue weighted by molar-refractivity contribution is 5.87. The van der Waals surface area contributed by atoms with Gasteiger partial charge in [0.1, 0.15) is 0 Å². The second-order valence-electron chi connectivity index (χ2n) is 11.9. The SMILES string of the molecule is CN1CCC[C@@]2(C)C1CC[C@H]1[C@@H]3CC[C@H](CCc4ccc(C(=O)O)cc4)[C@@]3(C)CC[C@@H]12. The Morgan fingerprint density at radius 3 is 2.48 bits per heavy atom. The molecule has 4 aliphatic rings. The fourth-order valence-corrected chi connectivity index (χ4v) is 9.11. The molecule has 31 heavy (non-hydrogen) atoms. The molecule has 3 saturated carbocycles. The summed E-state index contributed by atoms with van der Waals surface area (Å²) < 4.78 is 0. The zero-order chi connectivity index (χ0) is 21.8. The molecule has 3 heteroatoms. The van der Waals surface area contributed by atoms with Gasteiger partial charge in [0, 0.05) is 6.04 Å². The largest absolute Gasteiger partial charge is 0.478 e. The topological polar surface area (TPSA) is 40.5 Å². The standard InChI is InChI=1S/C28H41NO2/c1-27-17-15-24-22(12-14-25-28(24,2)16-4-18-29(25)3)23(27)13-11-21(27)10-7-19-5-8-20(9-6-19)26(30)31/h5-6,8-9,21-25H,4,7,10-18H2,1-3H3,(H,30,31)/t21-,22-,23-,24-,25?,27+,28+/m0/s1. The van der Waals surface area contributed by atoms with Crippen molar-refractivity contribution in [2.24, 2.45) is 34.5 Å². The molecule has 1 heterocycles. The first-order valence-electron chi connectivity index (χ1n) is 12.9. The van der Waals surface area contributed by atoms with Crippen LogP contribution in [0.2, 0.25) is 0 Å². The molecule has 1 unspecified atom stereocenters. The molecular weight excluding hydrogens is 382 g/mol. The number of hydrogen-bond acceptors (Lipinski definition) is 2. The van der Waals surface area contributed by atoms with Gasteiger partial charge in [-0.05, 0) is 130 Å². The van der Waals surface area contributed by atoms with Crippen molar-refractivity contribution < 1.29 is 9.90 Å². The molecule has 0 amide bonds. The van der Waals surface area contributed by atoms with E-state index in [2.05, 4.69) is 25.8 Å². The summed E-state index contributed by atoms with van der Waals surface area (Å²) in [5, 5.41) is 9.14. The highest BCUT2D eigenvalue weighted by Gasteiger charge is 2.60. The highest BCUT2D eigenvalue weighted by atomic mass is 16.4. The van der Waals surface area contributed by atoms with Crippen molar-refractivity contribution in [3.8, 4) is 0 Å². The minimum Gasteiger partial charge on any atom is -0.478 e. The maximum Gasteiger partial charge on any atom is 0.335 e.